The Morgan fingerprint density at radius 3 is 2.28 bits per heavy atom. The summed E-state index contributed by atoms with van der Waals surface area (Å²) in [7, 11) is 1.71. The normalized spacial score (nSPS) is 10.2. The van der Waals surface area contributed by atoms with Crippen LogP contribution in [-0.2, 0) is 0 Å². The minimum atomic E-state index is -0.299. The number of halogens is 3. The predicted molar refractivity (Wildman–Crippen MR) is 73.5 cm³/mol. The molecule has 0 aliphatic carbocycles. The molecule has 0 radical (unpaired) electrons. The van der Waals surface area contributed by atoms with E-state index in [1.165, 1.54) is 12.1 Å². The van der Waals surface area contributed by atoms with Crippen molar-refractivity contribution in [1.82, 2.24) is 4.98 Å². The van der Waals surface area contributed by atoms with E-state index in [1.807, 2.05) is 0 Å². The van der Waals surface area contributed by atoms with Crippen molar-refractivity contribution in [2.24, 2.45) is 0 Å². The van der Waals surface area contributed by atoms with Crippen molar-refractivity contribution in [3.05, 3.63) is 46.2 Å². The quantitative estimate of drug-likeness (QED) is 0.882. The molecule has 3 nitrogen and oxygen atoms in total. The minimum absolute atomic E-state index is 0.299. The molecule has 6 heteroatoms. The van der Waals surface area contributed by atoms with Crippen LogP contribution in [0.5, 0.6) is 0 Å². The molecule has 1 heterocycles. The highest BCUT2D eigenvalue weighted by atomic mass is 35.5. The zero-order chi connectivity index (χ0) is 13.1. The summed E-state index contributed by atoms with van der Waals surface area (Å²) in [5, 5.41) is 6.68. The number of hydrogen-bond acceptors (Lipinski definition) is 3. The number of benzene rings is 1. The zero-order valence-corrected chi connectivity index (χ0v) is 11.0. The van der Waals surface area contributed by atoms with E-state index in [0.717, 1.165) is 0 Å². The molecule has 2 rings (SSSR count). The van der Waals surface area contributed by atoms with Crippen LogP contribution in [0.3, 0.4) is 0 Å². The summed E-state index contributed by atoms with van der Waals surface area (Å²) in [5.74, 6) is 0.675. The van der Waals surface area contributed by atoms with E-state index in [4.69, 9.17) is 23.2 Å². The molecule has 94 valence electrons. The summed E-state index contributed by atoms with van der Waals surface area (Å²) in [4.78, 5) is 4.23. The fourth-order valence-corrected chi connectivity index (χ4v) is 1.90. The standard InChI is InChI=1S/C12H10Cl2FN3/c1-16-11-9(13)6-10(14)12(18-11)17-8-4-2-7(15)3-5-8/h2-6H,1H3,(H2,16,17,18). The van der Waals surface area contributed by atoms with Crippen LogP contribution in [0.1, 0.15) is 0 Å². The number of nitrogens with zero attached hydrogens (tertiary/aromatic N) is 1. The molecule has 0 saturated heterocycles. The Hall–Kier alpha value is -1.52. The molecule has 2 N–H and O–H groups in total. The Kier molecular flexibility index (Phi) is 3.89. The van der Waals surface area contributed by atoms with Crippen LogP contribution in [-0.4, -0.2) is 12.0 Å². The van der Waals surface area contributed by atoms with Crippen molar-refractivity contribution >= 4 is 40.5 Å². The van der Waals surface area contributed by atoms with E-state index in [2.05, 4.69) is 15.6 Å². The van der Waals surface area contributed by atoms with E-state index < -0.39 is 0 Å². The average Bonchev–Trinajstić information content (AvgIpc) is 2.35. The zero-order valence-electron chi connectivity index (χ0n) is 9.47. The Morgan fingerprint density at radius 2 is 1.67 bits per heavy atom. The first-order valence-corrected chi connectivity index (χ1v) is 5.92. The van der Waals surface area contributed by atoms with Crippen LogP contribution in [0.25, 0.3) is 0 Å². The predicted octanol–water partition coefficient (Wildman–Crippen LogP) is 4.31. The highest BCUT2D eigenvalue weighted by Crippen LogP contribution is 2.30. The highest BCUT2D eigenvalue weighted by Gasteiger charge is 2.08. The smallest absolute Gasteiger partial charge is 0.151 e. The second-order valence-corrected chi connectivity index (χ2v) is 4.35. The maximum Gasteiger partial charge on any atom is 0.151 e. The second kappa shape index (κ2) is 5.42. The van der Waals surface area contributed by atoms with Crippen molar-refractivity contribution < 1.29 is 4.39 Å². The maximum absolute atomic E-state index is 12.8. The Labute approximate surface area is 114 Å². The summed E-state index contributed by atoms with van der Waals surface area (Å²) in [6, 6.07) is 7.49. The van der Waals surface area contributed by atoms with E-state index in [0.29, 0.717) is 27.4 Å². The van der Waals surface area contributed by atoms with Gasteiger partial charge in [0.1, 0.15) is 11.6 Å². The Morgan fingerprint density at radius 1 is 1.06 bits per heavy atom. The van der Waals surface area contributed by atoms with Crippen LogP contribution < -0.4 is 10.6 Å². The molecule has 0 atom stereocenters. The highest BCUT2D eigenvalue weighted by molar-refractivity contribution is 6.37. The van der Waals surface area contributed by atoms with Crippen LogP contribution in [0, 0.1) is 5.82 Å². The van der Waals surface area contributed by atoms with Gasteiger partial charge in [-0.15, -0.1) is 0 Å². The average molecular weight is 286 g/mol. The van der Waals surface area contributed by atoms with Gasteiger partial charge in [0.25, 0.3) is 0 Å². The molecular weight excluding hydrogens is 276 g/mol. The van der Waals surface area contributed by atoms with Gasteiger partial charge in [-0.1, -0.05) is 23.2 Å². The molecule has 0 amide bonds. The first-order chi connectivity index (χ1) is 8.60. The Bertz CT molecular complexity index is 558. The third-order valence-corrected chi connectivity index (χ3v) is 2.85. The SMILES string of the molecule is CNc1nc(Nc2ccc(F)cc2)c(Cl)cc1Cl. The molecule has 0 unspecified atom stereocenters. The van der Waals surface area contributed by atoms with Gasteiger partial charge in [-0.3, -0.25) is 0 Å². The second-order valence-electron chi connectivity index (χ2n) is 3.53. The molecule has 18 heavy (non-hydrogen) atoms. The lowest BCUT2D eigenvalue weighted by Gasteiger charge is -2.10. The number of hydrogen-bond donors (Lipinski definition) is 2. The largest absolute Gasteiger partial charge is 0.372 e. The number of nitrogens with one attached hydrogen (secondary N) is 2. The van der Waals surface area contributed by atoms with E-state index in [9.17, 15) is 4.39 Å². The molecule has 0 aliphatic heterocycles. The van der Waals surface area contributed by atoms with Crippen LogP contribution >= 0.6 is 23.2 Å². The van der Waals surface area contributed by atoms with Crippen LogP contribution in [0.2, 0.25) is 10.0 Å². The van der Waals surface area contributed by atoms with Crippen molar-refractivity contribution in [3.8, 4) is 0 Å². The molecule has 0 fully saturated rings. The lowest BCUT2D eigenvalue weighted by molar-refractivity contribution is 0.628. The molecule has 0 saturated carbocycles. The molecule has 0 aliphatic rings. The molecule has 1 aromatic carbocycles. The van der Waals surface area contributed by atoms with Gasteiger partial charge in [0.05, 0.1) is 10.0 Å². The summed E-state index contributed by atoms with van der Waals surface area (Å²) in [6.45, 7) is 0. The number of rotatable bonds is 3. The van der Waals surface area contributed by atoms with Gasteiger partial charge in [-0.25, -0.2) is 9.37 Å². The monoisotopic (exact) mass is 285 g/mol. The number of anilines is 3. The van der Waals surface area contributed by atoms with Crippen molar-refractivity contribution in [1.29, 1.82) is 0 Å². The van der Waals surface area contributed by atoms with E-state index >= 15 is 0 Å². The van der Waals surface area contributed by atoms with E-state index in [1.54, 1.807) is 25.2 Å². The van der Waals surface area contributed by atoms with Crippen LogP contribution in [0.15, 0.2) is 30.3 Å². The molecule has 0 spiro atoms. The van der Waals surface area contributed by atoms with Gasteiger partial charge in [-0.05, 0) is 30.3 Å². The van der Waals surface area contributed by atoms with Crippen molar-refractivity contribution in [2.75, 3.05) is 17.7 Å². The molecule has 0 bridgehead atoms. The van der Waals surface area contributed by atoms with Gasteiger partial charge in [0, 0.05) is 12.7 Å². The summed E-state index contributed by atoms with van der Waals surface area (Å²) in [6.07, 6.45) is 0. The summed E-state index contributed by atoms with van der Waals surface area (Å²) >= 11 is 12.0. The summed E-state index contributed by atoms with van der Waals surface area (Å²) in [5.41, 5.74) is 0.690. The first kappa shape index (κ1) is 12.9. The number of pyridine rings is 1. The van der Waals surface area contributed by atoms with Gasteiger partial charge in [0.15, 0.2) is 5.82 Å². The molecule has 2 aromatic rings. The molecule has 1 aromatic heterocycles. The lowest BCUT2D eigenvalue weighted by Crippen LogP contribution is -1.99. The van der Waals surface area contributed by atoms with Crippen molar-refractivity contribution in [3.63, 3.8) is 0 Å². The topological polar surface area (TPSA) is 37.0 Å². The fourth-order valence-electron chi connectivity index (χ4n) is 1.40. The van der Waals surface area contributed by atoms with Gasteiger partial charge >= 0.3 is 0 Å². The van der Waals surface area contributed by atoms with Gasteiger partial charge < -0.3 is 10.6 Å². The first-order valence-electron chi connectivity index (χ1n) is 5.16. The maximum atomic E-state index is 12.8. The third kappa shape index (κ3) is 2.83. The summed E-state index contributed by atoms with van der Waals surface area (Å²) < 4.78 is 12.8. The van der Waals surface area contributed by atoms with E-state index in [-0.39, 0.29) is 5.82 Å². The van der Waals surface area contributed by atoms with Crippen molar-refractivity contribution in [2.45, 2.75) is 0 Å². The number of aromatic nitrogens is 1. The minimum Gasteiger partial charge on any atom is -0.372 e. The lowest BCUT2D eigenvalue weighted by atomic mass is 10.3. The third-order valence-electron chi connectivity index (χ3n) is 2.27. The van der Waals surface area contributed by atoms with Crippen LogP contribution in [0.4, 0.5) is 21.7 Å². The van der Waals surface area contributed by atoms with Gasteiger partial charge in [0.2, 0.25) is 0 Å². The fraction of sp³-hybridized carbons (Fsp3) is 0.0833. The van der Waals surface area contributed by atoms with Gasteiger partial charge in [-0.2, -0.15) is 0 Å². The molecular formula is C12H10Cl2FN3. The Balaban J connectivity index is 2.31.